The van der Waals surface area contributed by atoms with E-state index in [2.05, 4.69) is 0 Å². The summed E-state index contributed by atoms with van der Waals surface area (Å²) >= 11 is 5.72. The average Bonchev–Trinajstić information content (AvgIpc) is 2.85. The molecule has 2 rings (SSSR count). The summed E-state index contributed by atoms with van der Waals surface area (Å²) in [5, 5.41) is 0.412. The van der Waals surface area contributed by atoms with Gasteiger partial charge in [0.1, 0.15) is 4.87 Å². The lowest BCUT2D eigenvalue weighted by Crippen LogP contribution is -2.32. The first kappa shape index (κ1) is 9.96. The van der Waals surface area contributed by atoms with Gasteiger partial charge >= 0.3 is 0 Å². The van der Waals surface area contributed by atoms with Crippen molar-refractivity contribution in [3.05, 3.63) is 29.3 Å². The summed E-state index contributed by atoms with van der Waals surface area (Å²) in [6.07, 6.45) is 1.06. The molecule has 2 N–H and O–H groups in total. The Kier molecular flexibility index (Phi) is 2.10. The van der Waals surface area contributed by atoms with E-state index in [-0.39, 0.29) is 4.90 Å². The SMILES string of the molecule is NC1(S(=O)(=O)c2cccc(Cl)c2)CC1. The van der Waals surface area contributed by atoms with Crippen LogP contribution in [-0.4, -0.2) is 13.3 Å². The van der Waals surface area contributed by atoms with Crippen LogP contribution in [-0.2, 0) is 9.84 Å². The lowest BCUT2D eigenvalue weighted by Gasteiger charge is -2.10. The Labute approximate surface area is 87.8 Å². The molecule has 0 spiro atoms. The number of halogens is 1. The number of rotatable bonds is 2. The molecule has 0 bridgehead atoms. The van der Waals surface area contributed by atoms with E-state index >= 15 is 0 Å². The molecule has 0 radical (unpaired) electrons. The molecule has 1 aromatic rings. The molecule has 0 heterocycles. The Morgan fingerprint density at radius 2 is 2.00 bits per heavy atom. The molecule has 1 aliphatic rings. The number of benzene rings is 1. The van der Waals surface area contributed by atoms with Crippen LogP contribution in [0, 0.1) is 0 Å². The lowest BCUT2D eigenvalue weighted by atomic mass is 10.4. The molecular formula is C9H10ClNO2S. The largest absolute Gasteiger partial charge is 0.312 e. The third-order valence-electron chi connectivity index (χ3n) is 2.38. The van der Waals surface area contributed by atoms with Crippen molar-refractivity contribution in [2.24, 2.45) is 5.73 Å². The van der Waals surface area contributed by atoms with Gasteiger partial charge in [0, 0.05) is 5.02 Å². The first-order valence-corrected chi connectivity index (χ1v) is 6.11. The average molecular weight is 232 g/mol. The normalized spacial score (nSPS) is 19.3. The molecule has 76 valence electrons. The third kappa shape index (κ3) is 1.43. The maximum Gasteiger partial charge on any atom is 0.196 e. The standard InChI is InChI=1S/C9H10ClNO2S/c10-7-2-1-3-8(6-7)14(12,13)9(11)4-5-9/h1-3,6H,4-5,11H2. The zero-order valence-corrected chi connectivity index (χ0v) is 8.98. The summed E-state index contributed by atoms with van der Waals surface area (Å²) < 4.78 is 23.8. The monoisotopic (exact) mass is 231 g/mol. The highest BCUT2D eigenvalue weighted by molar-refractivity contribution is 7.93. The van der Waals surface area contributed by atoms with Gasteiger partial charge in [-0.2, -0.15) is 0 Å². The van der Waals surface area contributed by atoms with Crippen LogP contribution >= 0.6 is 11.6 Å². The molecule has 0 aromatic heterocycles. The molecular weight excluding hydrogens is 222 g/mol. The fourth-order valence-electron chi connectivity index (χ4n) is 1.26. The molecule has 0 amide bonds. The molecule has 0 unspecified atom stereocenters. The highest BCUT2D eigenvalue weighted by Gasteiger charge is 2.51. The Hall–Kier alpha value is -0.580. The van der Waals surface area contributed by atoms with Crippen LogP contribution in [0.15, 0.2) is 29.2 Å². The molecule has 1 saturated carbocycles. The van der Waals surface area contributed by atoms with E-state index in [0.717, 1.165) is 0 Å². The molecule has 3 nitrogen and oxygen atoms in total. The smallest absolute Gasteiger partial charge is 0.196 e. The van der Waals surface area contributed by atoms with Gasteiger partial charge in [-0.05, 0) is 31.0 Å². The van der Waals surface area contributed by atoms with Gasteiger partial charge in [0.25, 0.3) is 0 Å². The zero-order valence-electron chi connectivity index (χ0n) is 7.40. The zero-order chi connectivity index (χ0) is 10.4. The number of hydrogen-bond donors (Lipinski definition) is 1. The molecule has 5 heteroatoms. The Bertz CT molecular complexity index is 465. The first-order valence-electron chi connectivity index (χ1n) is 4.25. The summed E-state index contributed by atoms with van der Waals surface area (Å²) in [5.41, 5.74) is 5.68. The molecule has 0 atom stereocenters. The van der Waals surface area contributed by atoms with E-state index in [9.17, 15) is 8.42 Å². The van der Waals surface area contributed by atoms with Crippen molar-refractivity contribution in [2.45, 2.75) is 22.6 Å². The third-order valence-corrected chi connectivity index (χ3v) is 4.97. The minimum atomic E-state index is -3.39. The second-order valence-electron chi connectivity index (χ2n) is 3.53. The Balaban J connectivity index is 2.50. The predicted octanol–water partition coefficient (Wildman–Crippen LogP) is 1.56. The number of hydrogen-bond acceptors (Lipinski definition) is 3. The molecule has 1 aliphatic carbocycles. The van der Waals surface area contributed by atoms with Gasteiger partial charge in [-0.25, -0.2) is 8.42 Å². The van der Waals surface area contributed by atoms with Gasteiger partial charge in [-0.3, -0.25) is 0 Å². The summed E-state index contributed by atoms with van der Waals surface area (Å²) in [7, 11) is -3.39. The second kappa shape index (κ2) is 2.95. The van der Waals surface area contributed by atoms with Crippen molar-refractivity contribution >= 4 is 21.4 Å². The van der Waals surface area contributed by atoms with E-state index in [1.807, 2.05) is 0 Å². The van der Waals surface area contributed by atoms with Crippen molar-refractivity contribution < 1.29 is 8.42 Å². The van der Waals surface area contributed by atoms with E-state index in [0.29, 0.717) is 17.9 Å². The van der Waals surface area contributed by atoms with Gasteiger partial charge < -0.3 is 5.73 Å². The topological polar surface area (TPSA) is 60.2 Å². The number of sulfone groups is 1. The molecule has 0 aliphatic heterocycles. The maximum absolute atomic E-state index is 11.9. The Morgan fingerprint density at radius 1 is 1.36 bits per heavy atom. The van der Waals surface area contributed by atoms with Crippen molar-refractivity contribution in [2.75, 3.05) is 0 Å². The van der Waals surface area contributed by atoms with Gasteiger partial charge in [0.2, 0.25) is 0 Å². The molecule has 1 fully saturated rings. The van der Waals surface area contributed by atoms with Crippen molar-refractivity contribution in [1.82, 2.24) is 0 Å². The van der Waals surface area contributed by atoms with Crippen LogP contribution in [0.4, 0.5) is 0 Å². The molecule has 14 heavy (non-hydrogen) atoms. The van der Waals surface area contributed by atoms with Crippen molar-refractivity contribution in [3.63, 3.8) is 0 Å². The predicted molar refractivity (Wildman–Crippen MR) is 54.8 cm³/mol. The quantitative estimate of drug-likeness (QED) is 0.841. The van der Waals surface area contributed by atoms with Crippen LogP contribution in [0.1, 0.15) is 12.8 Å². The van der Waals surface area contributed by atoms with E-state index < -0.39 is 14.7 Å². The van der Waals surface area contributed by atoms with Crippen LogP contribution < -0.4 is 5.73 Å². The van der Waals surface area contributed by atoms with Gasteiger partial charge in [0.15, 0.2) is 9.84 Å². The van der Waals surface area contributed by atoms with E-state index in [4.69, 9.17) is 17.3 Å². The second-order valence-corrected chi connectivity index (χ2v) is 6.25. The fraction of sp³-hybridized carbons (Fsp3) is 0.333. The fourth-order valence-corrected chi connectivity index (χ4v) is 3.16. The summed E-state index contributed by atoms with van der Waals surface area (Å²) in [4.78, 5) is -0.831. The molecule has 1 aromatic carbocycles. The van der Waals surface area contributed by atoms with Crippen LogP contribution in [0.25, 0.3) is 0 Å². The van der Waals surface area contributed by atoms with Crippen LogP contribution in [0.2, 0.25) is 5.02 Å². The first-order chi connectivity index (χ1) is 6.46. The number of nitrogens with two attached hydrogens (primary N) is 1. The minimum Gasteiger partial charge on any atom is -0.312 e. The minimum absolute atomic E-state index is 0.213. The van der Waals surface area contributed by atoms with Crippen molar-refractivity contribution in [1.29, 1.82) is 0 Å². The van der Waals surface area contributed by atoms with Gasteiger partial charge in [-0.1, -0.05) is 17.7 Å². The summed E-state index contributed by atoms with van der Waals surface area (Å²) in [6, 6.07) is 6.20. The summed E-state index contributed by atoms with van der Waals surface area (Å²) in [5.74, 6) is 0. The highest BCUT2D eigenvalue weighted by Crippen LogP contribution is 2.41. The van der Waals surface area contributed by atoms with Gasteiger partial charge in [-0.15, -0.1) is 0 Å². The van der Waals surface area contributed by atoms with Crippen LogP contribution in [0.5, 0.6) is 0 Å². The van der Waals surface area contributed by atoms with E-state index in [1.54, 1.807) is 12.1 Å². The summed E-state index contributed by atoms with van der Waals surface area (Å²) in [6.45, 7) is 0. The lowest BCUT2D eigenvalue weighted by molar-refractivity contribution is 0.579. The highest BCUT2D eigenvalue weighted by atomic mass is 35.5. The van der Waals surface area contributed by atoms with Gasteiger partial charge in [0.05, 0.1) is 4.90 Å². The van der Waals surface area contributed by atoms with Crippen LogP contribution in [0.3, 0.4) is 0 Å². The Morgan fingerprint density at radius 3 is 2.50 bits per heavy atom. The molecule has 0 saturated heterocycles. The van der Waals surface area contributed by atoms with Crippen molar-refractivity contribution in [3.8, 4) is 0 Å². The maximum atomic E-state index is 11.9. The van der Waals surface area contributed by atoms with E-state index in [1.165, 1.54) is 12.1 Å².